The molecule has 2 N–H and O–H groups in total. The second-order valence-electron chi connectivity index (χ2n) is 5.89. The van der Waals surface area contributed by atoms with Crippen molar-refractivity contribution in [3.05, 3.63) is 90.3 Å². The lowest BCUT2D eigenvalue weighted by Gasteiger charge is -2.08. The summed E-state index contributed by atoms with van der Waals surface area (Å²) in [5.74, 6) is -0.535. The maximum Gasteiger partial charge on any atom is 0.254 e. The third kappa shape index (κ3) is 4.24. The molecule has 5 heteroatoms. The van der Waals surface area contributed by atoms with Crippen LogP contribution in [-0.2, 0) is 0 Å². The zero-order chi connectivity index (χ0) is 17.8. The Morgan fingerprint density at radius 1 is 0.846 bits per heavy atom. The van der Waals surface area contributed by atoms with Crippen molar-refractivity contribution in [1.29, 1.82) is 0 Å². The van der Waals surface area contributed by atoms with Crippen molar-refractivity contribution in [3.8, 4) is 11.1 Å². The lowest BCUT2D eigenvalue weighted by atomic mass is 10.00. The Morgan fingerprint density at radius 2 is 1.46 bits per heavy atom. The van der Waals surface area contributed by atoms with Gasteiger partial charge in [0.05, 0.1) is 0 Å². The molecule has 0 saturated heterocycles. The van der Waals surface area contributed by atoms with Crippen LogP contribution < -0.4 is 27.3 Å². The van der Waals surface area contributed by atoms with Crippen molar-refractivity contribution in [2.45, 2.75) is 13.0 Å². The van der Waals surface area contributed by atoms with Crippen molar-refractivity contribution in [2.75, 3.05) is 0 Å². The number of aromatic nitrogens is 1. The second-order valence-corrected chi connectivity index (χ2v) is 5.89. The third-order valence-electron chi connectivity index (χ3n) is 4.21. The monoisotopic (exact) mass is 410 g/mol. The van der Waals surface area contributed by atoms with Crippen LogP contribution in [0.2, 0.25) is 0 Å². The molecule has 0 aliphatic heterocycles. The second kappa shape index (κ2) is 8.54. The number of amides is 1. The summed E-state index contributed by atoms with van der Waals surface area (Å²) in [6, 6.07) is 20.5. The molecular formula is C21H19BrN2O2. The number of pyridine rings is 1. The number of carbonyl (C=O) groups excluding carboxylic acids is 2. The molecule has 26 heavy (non-hydrogen) atoms. The van der Waals surface area contributed by atoms with Gasteiger partial charge < -0.3 is 22.7 Å². The molecule has 3 rings (SSSR count). The van der Waals surface area contributed by atoms with Gasteiger partial charge >= 0.3 is 0 Å². The largest absolute Gasteiger partial charge is 1.00 e. The molecule has 1 amide bonds. The summed E-state index contributed by atoms with van der Waals surface area (Å²) in [7, 11) is 0. The number of hydrogen-bond donors (Lipinski definition) is 1. The number of hydrogen-bond acceptors (Lipinski definition) is 2. The molecular weight excluding hydrogens is 392 g/mol. The first kappa shape index (κ1) is 19.5. The highest BCUT2D eigenvalue weighted by molar-refractivity contribution is 5.98. The Bertz CT molecular complexity index is 909. The highest BCUT2D eigenvalue weighted by Crippen LogP contribution is 2.20. The minimum atomic E-state index is -0.513. The van der Waals surface area contributed by atoms with E-state index >= 15 is 0 Å². The summed E-state index contributed by atoms with van der Waals surface area (Å²) in [6.07, 6.45) is 3.36. The molecule has 132 valence electrons. The predicted octanol–water partition coefficient (Wildman–Crippen LogP) is 0.188. The first-order valence-electron chi connectivity index (χ1n) is 8.06. The van der Waals surface area contributed by atoms with Crippen molar-refractivity contribution in [2.24, 2.45) is 5.73 Å². The highest BCUT2D eigenvalue weighted by atomic mass is 79.9. The SMILES string of the molecule is CC(C(=O)c1ccc(-c2ccccc2)cc1)[n+]1cccc(C(N)=O)c1.[Br-]. The van der Waals surface area contributed by atoms with Crippen LogP contribution in [0.5, 0.6) is 0 Å². The Morgan fingerprint density at radius 3 is 2.08 bits per heavy atom. The number of ketones is 1. The van der Waals surface area contributed by atoms with E-state index in [1.165, 1.54) is 0 Å². The Labute approximate surface area is 163 Å². The van der Waals surface area contributed by atoms with Crippen molar-refractivity contribution >= 4 is 11.7 Å². The standard InChI is InChI=1S/C21H18N2O2.BrH/c1-15(23-13-5-8-19(14-23)21(22)25)20(24)18-11-9-17(10-12-18)16-6-3-2-4-7-16;/h2-15H,1H3,(H-,22,25);1H. The molecule has 0 spiro atoms. The summed E-state index contributed by atoms with van der Waals surface area (Å²) in [6.45, 7) is 1.80. The van der Waals surface area contributed by atoms with Gasteiger partial charge in [0.15, 0.2) is 12.4 Å². The first-order chi connectivity index (χ1) is 12.1. The van der Waals surface area contributed by atoms with Crippen molar-refractivity contribution < 1.29 is 31.1 Å². The molecule has 1 heterocycles. The van der Waals surface area contributed by atoms with Crippen LogP contribution in [0.25, 0.3) is 11.1 Å². The third-order valence-corrected chi connectivity index (χ3v) is 4.21. The van der Waals surface area contributed by atoms with E-state index in [2.05, 4.69) is 0 Å². The molecule has 1 atom stereocenters. The lowest BCUT2D eigenvalue weighted by Crippen LogP contribution is -3.00. The van der Waals surface area contributed by atoms with Crippen molar-refractivity contribution in [1.82, 2.24) is 0 Å². The van der Waals surface area contributed by atoms with E-state index in [1.54, 1.807) is 36.0 Å². The summed E-state index contributed by atoms with van der Waals surface area (Å²) in [5.41, 5.74) is 8.48. The van der Waals surface area contributed by atoms with Gasteiger partial charge in [-0.1, -0.05) is 54.6 Å². The molecule has 1 unspecified atom stereocenters. The van der Waals surface area contributed by atoms with E-state index in [9.17, 15) is 9.59 Å². The Kier molecular flexibility index (Phi) is 6.41. The maximum absolute atomic E-state index is 12.7. The molecule has 0 saturated carbocycles. The van der Waals surface area contributed by atoms with E-state index in [-0.39, 0.29) is 22.8 Å². The van der Waals surface area contributed by atoms with Crippen LogP contribution in [0.4, 0.5) is 0 Å². The van der Waals surface area contributed by atoms with Crippen LogP contribution in [0.15, 0.2) is 79.1 Å². The van der Waals surface area contributed by atoms with Gasteiger partial charge in [0.1, 0.15) is 5.56 Å². The number of rotatable bonds is 5. The van der Waals surface area contributed by atoms with Gasteiger partial charge in [0.2, 0.25) is 11.8 Å². The number of primary amides is 1. The van der Waals surface area contributed by atoms with E-state index in [1.807, 2.05) is 54.6 Å². The first-order valence-corrected chi connectivity index (χ1v) is 8.06. The number of Topliss-reactive ketones (excluding diaryl/α,β-unsaturated/α-hetero) is 1. The van der Waals surface area contributed by atoms with Crippen LogP contribution in [0, 0.1) is 0 Å². The lowest BCUT2D eigenvalue weighted by molar-refractivity contribution is -0.704. The number of halogens is 1. The minimum absolute atomic E-state index is 0. The normalized spacial score (nSPS) is 11.3. The van der Waals surface area contributed by atoms with Gasteiger partial charge in [-0.05, 0) is 17.2 Å². The quantitative estimate of drug-likeness (QED) is 0.481. The Balaban J connectivity index is 0.00000243. The number of nitrogens with two attached hydrogens (primary N) is 1. The van der Waals surface area contributed by atoms with Crippen LogP contribution in [0.3, 0.4) is 0 Å². The smallest absolute Gasteiger partial charge is 0.254 e. The van der Waals surface area contributed by atoms with Gasteiger partial charge in [0.25, 0.3) is 5.91 Å². The Hall–Kier alpha value is -2.79. The van der Waals surface area contributed by atoms with Gasteiger partial charge in [0, 0.05) is 18.6 Å². The highest BCUT2D eigenvalue weighted by Gasteiger charge is 2.24. The van der Waals surface area contributed by atoms with Crippen LogP contribution in [-0.4, -0.2) is 11.7 Å². The summed E-state index contributed by atoms with van der Waals surface area (Å²) >= 11 is 0. The number of benzene rings is 2. The van der Waals surface area contributed by atoms with Crippen LogP contribution in [0.1, 0.15) is 33.7 Å². The summed E-state index contributed by atoms with van der Waals surface area (Å²) in [4.78, 5) is 24.0. The average molecular weight is 411 g/mol. The van der Waals surface area contributed by atoms with Gasteiger partial charge in [-0.25, -0.2) is 0 Å². The molecule has 1 aromatic heterocycles. The maximum atomic E-state index is 12.7. The topological polar surface area (TPSA) is 64.0 Å². The minimum Gasteiger partial charge on any atom is -1.00 e. The zero-order valence-corrected chi connectivity index (χ0v) is 15.9. The molecule has 4 nitrogen and oxygen atoms in total. The zero-order valence-electron chi connectivity index (χ0n) is 14.3. The molecule has 0 aliphatic carbocycles. The fourth-order valence-electron chi connectivity index (χ4n) is 2.71. The van der Waals surface area contributed by atoms with Gasteiger partial charge in [-0.3, -0.25) is 9.59 Å². The summed E-state index contributed by atoms with van der Waals surface area (Å²) in [5, 5.41) is 0. The van der Waals surface area contributed by atoms with E-state index in [4.69, 9.17) is 5.73 Å². The van der Waals surface area contributed by atoms with Crippen LogP contribution >= 0.6 is 0 Å². The van der Waals surface area contributed by atoms with E-state index in [0.29, 0.717) is 11.1 Å². The van der Waals surface area contributed by atoms with Gasteiger partial charge in [-0.15, -0.1) is 0 Å². The average Bonchev–Trinajstić information content (AvgIpc) is 2.67. The van der Waals surface area contributed by atoms with Gasteiger partial charge in [-0.2, -0.15) is 4.57 Å². The fourth-order valence-corrected chi connectivity index (χ4v) is 2.71. The number of carbonyl (C=O) groups is 2. The van der Waals surface area contributed by atoms with E-state index < -0.39 is 11.9 Å². The molecule has 2 aromatic carbocycles. The molecule has 3 aromatic rings. The molecule has 0 fully saturated rings. The number of nitrogens with zero attached hydrogens (tertiary/aromatic N) is 1. The van der Waals surface area contributed by atoms with Crippen molar-refractivity contribution in [3.63, 3.8) is 0 Å². The molecule has 0 radical (unpaired) electrons. The summed E-state index contributed by atoms with van der Waals surface area (Å²) < 4.78 is 1.70. The molecule has 0 bridgehead atoms. The molecule has 0 aliphatic rings. The van der Waals surface area contributed by atoms with E-state index in [0.717, 1.165) is 11.1 Å². The fraction of sp³-hybridized carbons (Fsp3) is 0.0952. The predicted molar refractivity (Wildman–Crippen MR) is 96.1 cm³/mol.